The number of hydrogen-bond acceptors (Lipinski definition) is 5. The fourth-order valence-corrected chi connectivity index (χ4v) is 5.02. The molecule has 9 heteroatoms. The molecule has 0 spiro atoms. The lowest BCUT2D eigenvalue weighted by Crippen LogP contribution is -2.44. The van der Waals surface area contributed by atoms with Crippen molar-refractivity contribution in [2.75, 3.05) is 13.7 Å². The summed E-state index contributed by atoms with van der Waals surface area (Å²) >= 11 is 0. The van der Waals surface area contributed by atoms with Crippen LogP contribution in [0.2, 0.25) is 0 Å². The third kappa shape index (κ3) is 4.98. The maximum absolute atomic E-state index is 13.8. The highest BCUT2D eigenvalue weighted by Gasteiger charge is 2.27. The van der Waals surface area contributed by atoms with Crippen LogP contribution in [0, 0.1) is 20.8 Å². The van der Waals surface area contributed by atoms with Crippen LogP contribution in [0.5, 0.6) is 11.5 Å². The predicted molar refractivity (Wildman–Crippen MR) is 141 cm³/mol. The van der Waals surface area contributed by atoms with Crippen molar-refractivity contribution in [1.29, 1.82) is 0 Å². The number of aromatic nitrogens is 2. The quantitative estimate of drug-likeness (QED) is 0.515. The monoisotopic (exact) mass is 503 g/mol. The van der Waals surface area contributed by atoms with Crippen molar-refractivity contribution in [2.24, 2.45) is 10.7 Å². The lowest BCUT2D eigenvalue weighted by atomic mass is 9.97. The highest BCUT2D eigenvalue weighted by molar-refractivity contribution is 5.71. The van der Waals surface area contributed by atoms with Crippen LogP contribution in [-0.4, -0.2) is 34.9 Å². The second-order valence-electron chi connectivity index (χ2n) is 9.85. The summed E-state index contributed by atoms with van der Waals surface area (Å²) in [5.41, 5.74) is 12.4. The Kier molecular flexibility index (Phi) is 6.54. The van der Waals surface area contributed by atoms with Gasteiger partial charge in [-0.3, -0.25) is 9.13 Å². The number of benzene rings is 2. The Morgan fingerprint density at radius 3 is 2.49 bits per heavy atom. The molecule has 0 saturated heterocycles. The Balaban J connectivity index is 1.70. The Morgan fingerprint density at radius 1 is 1.11 bits per heavy atom. The fraction of sp³-hybridized carbons (Fsp3) is 0.393. The van der Waals surface area contributed by atoms with Gasteiger partial charge >= 0.3 is 11.7 Å². The number of ether oxygens (including phenoxy) is 2. The van der Waals surface area contributed by atoms with Crippen LogP contribution < -0.4 is 31.7 Å². The molecule has 194 valence electrons. The molecule has 3 aromatic rings. The van der Waals surface area contributed by atoms with Crippen LogP contribution in [0.3, 0.4) is 0 Å². The maximum Gasteiger partial charge on any atom is 0.330 e. The number of nitrogens with two attached hydrogens (primary N) is 1. The van der Waals surface area contributed by atoms with E-state index in [1.54, 1.807) is 16.2 Å². The summed E-state index contributed by atoms with van der Waals surface area (Å²) in [6.07, 6.45) is 3.07. The SMILES string of the molecule is COc1cc2c(cc1OC1CC1)CCn1c-2cc(=Nc2c(C)cc(C)cc2C)n(CCNC(N)=O)c1=O. The van der Waals surface area contributed by atoms with Gasteiger partial charge in [0, 0.05) is 31.3 Å². The molecule has 5 rings (SSSR count). The van der Waals surface area contributed by atoms with Gasteiger partial charge in [-0.05, 0) is 68.9 Å². The van der Waals surface area contributed by atoms with Gasteiger partial charge in [-0.1, -0.05) is 17.7 Å². The number of aryl methyl sites for hydroxylation is 4. The van der Waals surface area contributed by atoms with Gasteiger partial charge in [0.1, 0.15) is 5.49 Å². The van der Waals surface area contributed by atoms with Crippen molar-refractivity contribution in [3.63, 3.8) is 0 Å². The zero-order valence-electron chi connectivity index (χ0n) is 21.8. The van der Waals surface area contributed by atoms with E-state index in [0.29, 0.717) is 24.2 Å². The second-order valence-corrected chi connectivity index (χ2v) is 9.85. The maximum atomic E-state index is 13.8. The number of nitrogens with one attached hydrogen (secondary N) is 1. The second kappa shape index (κ2) is 9.80. The van der Waals surface area contributed by atoms with Gasteiger partial charge in [-0.25, -0.2) is 14.6 Å². The molecule has 2 amide bonds. The van der Waals surface area contributed by atoms with Crippen LogP contribution in [0.15, 0.2) is 40.1 Å². The first-order chi connectivity index (χ1) is 17.7. The molecule has 2 heterocycles. The standard InChI is InChI=1S/C28H33N5O4/c1-16-11-17(2)26(18(3)12-16)31-25-15-22-21-14-23(36-4)24(37-20-5-6-20)13-19(21)7-9-32(22)28(35)33(25)10-8-30-27(29)34/h11-15,20H,5-10H2,1-4H3,(H3,29,30,34). The Morgan fingerprint density at radius 2 is 1.84 bits per heavy atom. The number of amides is 2. The molecule has 2 aromatic carbocycles. The first-order valence-corrected chi connectivity index (χ1v) is 12.6. The van der Waals surface area contributed by atoms with Gasteiger partial charge in [-0.2, -0.15) is 0 Å². The van der Waals surface area contributed by atoms with Gasteiger partial charge in [0.2, 0.25) is 0 Å². The highest BCUT2D eigenvalue weighted by Crippen LogP contribution is 2.40. The first kappa shape index (κ1) is 24.7. The molecule has 1 aliphatic carbocycles. The summed E-state index contributed by atoms with van der Waals surface area (Å²) in [4.78, 5) is 30.0. The van der Waals surface area contributed by atoms with Gasteiger partial charge in [-0.15, -0.1) is 0 Å². The number of nitrogens with zero attached hydrogens (tertiary/aromatic N) is 3. The summed E-state index contributed by atoms with van der Waals surface area (Å²) < 4.78 is 15.1. The molecule has 1 aromatic heterocycles. The molecule has 9 nitrogen and oxygen atoms in total. The lowest BCUT2D eigenvalue weighted by Gasteiger charge is -2.25. The average molecular weight is 504 g/mol. The van der Waals surface area contributed by atoms with Gasteiger partial charge in [0.15, 0.2) is 11.5 Å². The van der Waals surface area contributed by atoms with E-state index >= 15 is 0 Å². The Hall–Kier alpha value is -4.01. The normalized spacial score (nSPS) is 14.6. The van der Waals surface area contributed by atoms with Gasteiger partial charge in [0.05, 0.1) is 24.6 Å². The predicted octanol–water partition coefficient (Wildman–Crippen LogP) is 3.25. The van der Waals surface area contributed by atoms with Crippen molar-refractivity contribution in [3.05, 3.63) is 68.6 Å². The summed E-state index contributed by atoms with van der Waals surface area (Å²) in [5.74, 6) is 1.40. The van der Waals surface area contributed by atoms with Crippen LogP contribution >= 0.6 is 0 Å². The number of rotatable bonds is 7. The largest absolute Gasteiger partial charge is 0.493 e. The number of methoxy groups -OCH3 is 1. The highest BCUT2D eigenvalue weighted by atomic mass is 16.5. The van der Waals surface area contributed by atoms with E-state index in [1.165, 1.54) is 0 Å². The van der Waals surface area contributed by atoms with Crippen LogP contribution in [-0.2, 0) is 19.5 Å². The van der Waals surface area contributed by atoms with Gasteiger partial charge in [0.25, 0.3) is 0 Å². The van der Waals surface area contributed by atoms with E-state index in [-0.39, 0.29) is 24.9 Å². The van der Waals surface area contributed by atoms with Crippen molar-refractivity contribution in [1.82, 2.24) is 14.5 Å². The number of primary amides is 1. The number of hydrogen-bond donors (Lipinski definition) is 2. The van der Waals surface area contributed by atoms with E-state index in [2.05, 4.69) is 24.4 Å². The Bertz CT molecular complexity index is 1490. The van der Waals surface area contributed by atoms with Crippen molar-refractivity contribution in [3.8, 4) is 22.8 Å². The lowest BCUT2D eigenvalue weighted by molar-refractivity contribution is 0.248. The smallest absolute Gasteiger partial charge is 0.330 e. The van der Waals surface area contributed by atoms with Gasteiger partial charge < -0.3 is 20.5 Å². The minimum atomic E-state index is -0.632. The molecule has 0 radical (unpaired) electrons. The van der Waals surface area contributed by atoms with E-state index in [0.717, 1.165) is 57.8 Å². The molecule has 0 atom stereocenters. The molecular formula is C28H33N5O4. The van der Waals surface area contributed by atoms with E-state index in [1.807, 2.05) is 32.0 Å². The number of carbonyl (C=O) groups excluding carboxylic acids is 1. The first-order valence-electron chi connectivity index (χ1n) is 12.6. The summed E-state index contributed by atoms with van der Waals surface area (Å²) in [7, 11) is 1.63. The minimum absolute atomic E-state index is 0.187. The average Bonchev–Trinajstić information content (AvgIpc) is 3.66. The third-order valence-corrected chi connectivity index (χ3v) is 6.88. The zero-order valence-corrected chi connectivity index (χ0v) is 21.8. The molecule has 1 saturated carbocycles. The molecule has 1 fully saturated rings. The minimum Gasteiger partial charge on any atom is -0.493 e. The number of urea groups is 1. The Labute approximate surface area is 215 Å². The number of fused-ring (bicyclic) bond motifs is 3. The van der Waals surface area contributed by atoms with Crippen molar-refractivity contribution >= 4 is 11.7 Å². The van der Waals surface area contributed by atoms with Crippen molar-refractivity contribution < 1.29 is 14.3 Å². The molecule has 0 unspecified atom stereocenters. The molecular weight excluding hydrogens is 470 g/mol. The number of carbonyl (C=O) groups is 1. The summed E-state index contributed by atoms with van der Waals surface area (Å²) in [5, 5.41) is 2.58. The molecule has 37 heavy (non-hydrogen) atoms. The fourth-order valence-electron chi connectivity index (χ4n) is 5.02. The van der Waals surface area contributed by atoms with Crippen LogP contribution in [0.25, 0.3) is 11.3 Å². The van der Waals surface area contributed by atoms with E-state index in [4.69, 9.17) is 20.2 Å². The summed E-state index contributed by atoms with van der Waals surface area (Å²) in [6, 6.07) is 9.48. The van der Waals surface area contributed by atoms with E-state index < -0.39 is 6.03 Å². The van der Waals surface area contributed by atoms with E-state index in [9.17, 15) is 9.59 Å². The van der Waals surface area contributed by atoms with Crippen molar-refractivity contribution in [2.45, 2.75) is 59.2 Å². The van der Waals surface area contributed by atoms with Crippen LogP contribution in [0.1, 0.15) is 35.1 Å². The molecule has 1 aliphatic heterocycles. The topological polar surface area (TPSA) is 113 Å². The molecule has 2 aliphatic rings. The zero-order chi connectivity index (χ0) is 26.3. The molecule has 0 bridgehead atoms. The van der Waals surface area contributed by atoms with Crippen LogP contribution in [0.4, 0.5) is 10.5 Å². The summed E-state index contributed by atoms with van der Waals surface area (Å²) in [6.45, 7) is 7.08. The third-order valence-electron chi connectivity index (χ3n) is 6.88. The molecule has 3 N–H and O–H groups in total.